The first-order valence-electron chi connectivity index (χ1n) is 6.47. The van der Waals surface area contributed by atoms with Crippen LogP contribution in [-0.4, -0.2) is 15.0 Å². The molecule has 0 saturated carbocycles. The van der Waals surface area contributed by atoms with E-state index in [1.807, 2.05) is 0 Å². The Balaban J connectivity index is 1.84. The van der Waals surface area contributed by atoms with Crippen LogP contribution >= 0.6 is 11.9 Å². The van der Waals surface area contributed by atoms with Gasteiger partial charge in [-0.1, -0.05) is 0 Å². The molecule has 0 aliphatic heterocycles. The van der Waals surface area contributed by atoms with Crippen LogP contribution in [0.4, 0.5) is 23.2 Å². The van der Waals surface area contributed by atoms with E-state index in [1.165, 1.54) is 19.1 Å². The highest BCUT2D eigenvalue weighted by Crippen LogP contribution is 2.30. The van der Waals surface area contributed by atoms with E-state index in [1.54, 1.807) is 6.20 Å². The number of nitrogens with one attached hydrogen (secondary N) is 2. The molecule has 0 saturated heterocycles. The summed E-state index contributed by atoms with van der Waals surface area (Å²) in [5, 5.41) is 0.591. The molecule has 0 atom stereocenters. The van der Waals surface area contributed by atoms with Crippen LogP contribution in [0.15, 0.2) is 29.3 Å². The van der Waals surface area contributed by atoms with Crippen molar-refractivity contribution in [3.8, 4) is 0 Å². The standard InChI is InChI=1S/C14H10F4N4S/c1-6-8(15)4-10(13(18)20-6)22-23-11-5-19-14-7(11)2-3-9(21-14)12(16)17/h2-5,12,22H,1H3,(H,19,21). The first-order chi connectivity index (χ1) is 11.0. The summed E-state index contributed by atoms with van der Waals surface area (Å²) in [5.74, 6) is -1.45. The fraction of sp³-hybridized carbons (Fsp3) is 0.143. The van der Waals surface area contributed by atoms with Gasteiger partial charge in [0.25, 0.3) is 6.43 Å². The zero-order valence-electron chi connectivity index (χ0n) is 11.7. The third-order valence-electron chi connectivity index (χ3n) is 3.12. The van der Waals surface area contributed by atoms with Gasteiger partial charge in [-0.2, -0.15) is 4.39 Å². The van der Waals surface area contributed by atoms with Crippen LogP contribution in [0.3, 0.4) is 0 Å². The molecule has 9 heteroatoms. The zero-order chi connectivity index (χ0) is 16.6. The highest BCUT2D eigenvalue weighted by Gasteiger charge is 2.14. The predicted molar refractivity (Wildman–Crippen MR) is 79.4 cm³/mol. The quantitative estimate of drug-likeness (QED) is 0.413. The molecule has 0 fully saturated rings. The maximum atomic E-state index is 13.7. The van der Waals surface area contributed by atoms with E-state index in [0.717, 1.165) is 18.0 Å². The van der Waals surface area contributed by atoms with Gasteiger partial charge in [-0.05, 0) is 31.0 Å². The summed E-state index contributed by atoms with van der Waals surface area (Å²) in [6, 6.07) is 3.72. The molecule has 3 aromatic rings. The number of fused-ring (bicyclic) bond motifs is 1. The Hall–Kier alpha value is -2.29. The van der Waals surface area contributed by atoms with Gasteiger partial charge in [0.15, 0.2) is 0 Å². The van der Waals surface area contributed by atoms with Crippen molar-refractivity contribution in [2.75, 3.05) is 4.72 Å². The van der Waals surface area contributed by atoms with E-state index in [4.69, 9.17) is 0 Å². The third-order valence-corrected chi connectivity index (χ3v) is 4.00. The first-order valence-corrected chi connectivity index (χ1v) is 7.29. The molecule has 0 spiro atoms. The van der Waals surface area contributed by atoms with Crippen molar-refractivity contribution in [2.24, 2.45) is 0 Å². The molecule has 0 bridgehead atoms. The fourth-order valence-electron chi connectivity index (χ4n) is 1.93. The molecular weight excluding hydrogens is 332 g/mol. The lowest BCUT2D eigenvalue weighted by molar-refractivity contribution is 0.146. The molecule has 3 aromatic heterocycles. The summed E-state index contributed by atoms with van der Waals surface area (Å²) in [7, 11) is 0. The number of rotatable bonds is 4. The number of hydrogen-bond acceptors (Lipinski definition) is 4. The Morgan fingerprint density at radius 3 is 2.74 bits per heavy atom. The molecule has 0 amide bonds. The van der Waals surface area contributed by atoms with Gasteiger partial charge in [-0.3, -0.25) is 0 Å². The predicted octanol–water partition coefficient (Wildman–Crippen LogP) is 4.60. The van der Waals surface area contributed by atoms with Crippen LogP contribution in [0.2, 0.25) is 0 Å². The number of halogens is 4. The maximum Gasteiger partial charge on any atom is 0.280 e. The van der Waals surface area contributed by atoms with Crippen LogP contribution in [-0.2, 0) is 0 Å². The number of hydrogen-bond donors (Lipinski definition) is 2. The summed E-state index contributed by atoms with van der Waals surface area (Å²) in [4.78, 5) is 10.6. The molecule has 0 radical (unpaired) electrons. The van der Waals surface area contributed by atoms with E-state index in [9.17, 15) is 17.6 Å². The largest absolute Gasteiger partial charge is 0.345 e. The number of aromatic nitrogens is 3. The number of anilines is 1. The van der Waals surface area contributed by atoms with Gasteiger partial charge >= 0.3 is 0 Å². The Morgan fingerprint density at radius 1 is 1.22 bits per heavy atom. The van der Waals surface area contributed by atoms with E-state index < -0.39 is 18.2 Å². The number of nitrogens with zero attached hydrogens (tertiary/aromatic N) is 2. The summed E-state index contributed by atoms with van der Waals surface area (Å²) in [6.07, 6.45) is -1.12. The Morgan fingerprint density at radius 2 is 2.00 bits per heavy atom. The van der Waals surface area contributed by atoms with Gasteiger partial charge in [0, 0.05) is 17.6 Å². The third kappa shape index (κ3) is 3.09. The summed E-state index contributed by atoms with van der Waals surface area (Å²) >= 11 is 0.997. The second-order valence-corrected chi connectivity index (χ2v) is 5.53. The molecular formula is C14H10F4N4S. The minimum Gasteiger partial charge on any atom is -0.345 e. The molecule has 120 valence electrons. The molecule has 0 aliphatic rings. The second-order valence-electron chi connectivity index (χ2n) is 4.68. The number of pyridine rings is 2. The highest BCUT2D eigenvalue weighted by atomic mass is 32.2. The Kier molecular flexibility index (Phi) is 4.12. The normalized spacial score (nSPS) is 11.4. The van der Waals surface area contributed by atoms with Gasteiger partial charge in [-0.25, -0.2) is 23.1 Å². The van der Waals surface area contributed by atoms with Crippen molar-refractivity contribution in [3.05, 3.63) is 47.5 Å². The average Bonchev–Trinajstić information content (AvgIpc) is 2.92. The van der Waals surface area contributed by atoms with Crippen LogP contribution in [0.5, 0.6) is 0 Å². The number of aryl methyl sites for hydroxylation is 1. The van der Waals surface area contributed by atoms with Crippen molar-refractivity contribution in [1.82, 2.24) is 15.0 Å². The SMILES string of the molecule is Cc1nc(F)c(NSc2c[nH]c3nc(C(F)F)ccc23)cc1F. The van der Waals surface area contributed by atoms with Crippen LogP contribution < -0.4 is 4.72 Å². The minimum absolute atomic E-state index is 0.0335. The molecule has 0 unspecified atom stereocenters. The molecule has 0 aliphatic carbocycles. The van der Waals surface area contributed by atoms with Crippen molar-refractivity contribution in [3.63, 3.8) is 0 Å². The molecule has 4 nitrogen and oxygen atoms in total. The van der Waals surface area contributed by atoms with Gasteiger partial charge in [0.2, 0.25) is 5.95 Å². The molecule has 0 aromatic carbocycles. The fourth-order valence-corrected chi connectivity index (χ4v) is 2.69. The lowest BCUT2D eigenvalue weighted by Crippen LogP contribution is -1.98. The molecule has 2 N–H and O–H groups in total. The summed E-state index contributed by atoms with van der Waals surface area (Å²) in [5.41, 5.74) is -0.182. The van der Waals surface area contributed by atoms with E-state index in [2.05, 4.69) is 19.7 Å². The number of alkyl halides is 2. The van der Waals surface area contributed by atoms with Gasteiger partial charge in [-0.15, -0.1) is 0 Å². The number of H-pyrrole nitrogens is 1. The van der Waals surface area contributed by atoms with Gasteiger partial charge in [0.05, 0.1) is 10.6 Å². The molecule has 23 heavy (non-hydrogen) atoms. The second kappa shape index (κ2) is 6.07. The van der Waals surface area contributed by atoms with E-state index in [0.29, 0.717) is 15.9 Å². The minimum atomic E-state index is -2.66. The zero-order valence-corrected chi connectivity index (χ0v) is 12.5. The average molecular weight is 342 g/mol. The van der Waals surface area contributed by atoms with Crippen LogP contribution in [0.1, 0.15) is 17.8 Å². The maximum absolute atomic E-state index is 13.7. The topological polar surface area (TPSA) is 53.6 Å². The van der Waals surface area contributed by atoms with Crippen molar-refractivity contribution in [1.29, 1.82) is 0 Å². The van der Waals surface area contributed by atoms with Crippen LogP contribution in [0.25, 0.3) is 11.0 Å². The Bertz CT molecular complexity index is 865. The smallest absolute Gasteiger partial charge is 0.280 e. The van der Waals surface area contributed by atoms with Crippen molar-refractivity contribution in [2.45, 2.75) is 18.2 Å². The van der Waals surface area contributed by atoms with Gasteiger partial charge in [0.1, 0.15) is 22.8 Å². The van der Waals surface area contributed by atoms with E-state index in [-0.39, 0.29) is 17.1 Å². The summed E-state index contributed by atoms with van der Waals surface area (Å²) in [6.45, 7) is 1.36. The molecule has 3 rings (SSSR count). The Labute approximate surface area is 132 Å². The molecule has 3 heterocycles. The van der Waals surface area contributed by atoms with E-state index >= 15 is 0 Å². The van der Waals surface area contributed by atoms with Gasteiger partial charge < -0.3 is 9.71 Å². The number of aromatic amines is 1. The lowest BCUT2D eigenvalue weighted by atomic mass is 10.3. The van der Waals surface area contributed by atoms with Crippen LogP contribution in [0, 0.1) is 18.7 Å². The van der Waals surface area contributed by atoms with Crippen molar-refractivity contribution >= 4 is 28.7 Å². The lowest BCUT2D eigenvalue weighted by Gasteiger charge is -2.06. The highest BCUT2D eigenvalue weighted by molar-refractivity contribution is 8.00. The first kappa shape index (κ1) is 15.6. The summed E-state index contributed by atoms with van der Waals surface area (Å²) < 4.78 is 55.0. The monoisotopic (exact) mass is 342 g/mol. The van der Waals surface area contributed by atoms with Crippen molar-refractivity contribution < 1.29 is 17.6 Å².